The highest BCUT2D eigenvalue weighted by Gasteiger charge is 2.74. The smallest absolute Gasteiger partial charge is 0.244 e. The number of aliphatic hydroxyl groups is 1. The van der Waals surface area contributed by atoms with Crippen molar-refractivity contribution in [3.8, 4) is 0 Å². The van der Waals surface area contributed by atoms with E-state index in [-0.39, 0.29) is 29.6 Å². The first-order valence-corrected chi connectivity index (χ1v) is 13.9. The molecule has 4 aliphatic rings. The van der Waals surface area contributed by atoms with E-state index in [1.807, 2.05) is 37.3 Å². The Labute approximate surface area is 216 Å². The van der Waals surface area contributed by atoms with Gasteiger partial charge in [0.2, 0.25) is 17.7 Å². The molecule has 4 heterocycles. The van der Waals surface area contributed by atoms with Gasteiger partial charge in [0.25, 0.3) is 0 Å². The van der Waals surface area contributed by atoms with Crippen molar-refractivity contribution < 1.29 is 24.2 Å². The largest absolute Gasteiger partial charge is 0.394 e. The molecule has 0 aromatic heterocycles. The Balaban J connectivity index is 1.38. The number of carbonyl (C=O) groups excluding carboxylic acids is 3. The number of ether oxygens (including phenoxy) is 1. The van der Waals surface area contributed by atoms with Gasteiger partial charge < -0.3 is 25.4 Å². The van der Waals surface area contributed by atoms with Gasteiger partial charge in [0, 0.05) is 37.1 Å². The Morgan fingerprint density at radius 1 is 1.22 bits per heavy atom. The summed E-state index contributed by atoms with van der Waals surface area (Å²) < 4.78 is 4.75. The Hall–Kier alpha value is -2.14. The van der Waals surface area contributed by atoms with E-state index in [4.69, 9.17) is 4.74 Å². The second-order valence-corrected chi connectivity index (χ2v) is 11.7. The number of carbonyl (C=O) groups is 3. The first kappa shape index (κ1) is 25.5. The lowest BCUT2D eigenvalue weighted by Crippen LogP contribution is -2.57. The van der Waals surface area contributed by atoms with Crippen molar-refractivity contribution in [3.63, 3.8) is 0 Å². The molecule has 1 spiro atoms. The third-order valence-electron chi connectivity index (χ3n) is 8.24. The number of thioether (sulfide) groups is 1. The molecule has 6 atom stereocenters. The predicted octanol–water partition coefficient (Wildman–Crippen LogP) is 0.936. The lowest BCUT2D eigenvalue weighted by molar-refractivity contribution is -0.142. The number of fused-ring (bicyclic) bond motifs is 1. The topological polar surface area (TPSA) is 111 Å². The fraction of sp³-hybridized carbons (Fsp3) is 0.654. The van der Waals surface area contributed by atoms with Crippen LogP contribution in [0.3, 0.4) is 0 Å². The summed E-state index contributed by atoms with van der Waals surface area (Å²) in [7, 11) is 0. The lowest BCUT2D eigenvalue weighted by Gasteiger charge is -2.37. The van der Waals surface area contributed by atoms with Crippen LogP contribution in [0.4, 0.5) is 5.69 Å². The molecule has 2 bridgehead atoms. The van der Waals surface area contributed by atoms with E-state index in [0.717, 1.165) is 26.1 Å². The molecule has 10 heteroatoms. The Morgan fingerprint density at radius 2 is 1.97 bits per heavy atom. The maximum atomic E-state index is 14.0. The van der Waals surface area contributed by atoms with Gasteiger partial charge in [-0.2, -0.15) is 0 Å². The normalized spacial score (nSPS) is 32.4. The monoisotopic (exact) mass is 516 g/mol. The van der Waals surface area contributed by atoms with E-state index < -0.39 is 28.7 Å². The Bertz CT molecular complexity index is 970. The summed E-state index contributed by atoms with van der Waals surface area (Å²) in [5.74, 6) is -1.58. The van der Waals surface area contributed by atoms with Crippen LogP contribution in [0.25, 0.3) is 0 Å². The molecule has 4 aliphatic heterocycles. The summed E-state index contributed by atoms with van der Waals surface area (Å²) >= 11 is 1.65. The fourth-order valence-corrected chi connectivity index (χ4v) is 8.71. The molecule has 4 saturated heterocycles. The first-order valence-electron chi connectivity index (χ1n) is 13.0. The van der Waals surface area contributed by atoms with E-state index in [9.17, 15) is 19.5 Å². The number of hydrogen-bond donors (Lipinski definition) is 3. The lowest BCUT2D eigenvalue weighted by atomic mass is 9.70. The quantitative estimate of drug-likeness (QED) is 0.448. The summed E-state index contributed by atoms with van der Waals surface area (Å²) in [6.45, 7) is 5.99. The van der Waals surface area contributed by atoms with E-state index in [1.54, 1.807) is 16.7 Å². The highest BCUT2D eigenvalue weighted by molar-refractivity contribution is 8.02. The SMILES string of the molecule is CC[C@@H](CO)N1C(=O)[C@@H]2[C@H](C(=O)Nc3ccccc3)[C@@H]3CCC2(S3)C1C(=O)NCCN1CCOCC1. The van der Waals surface area contributed by atoms with Crippen LogP contribution >= 0.6 is 11.8 Å². The number of morpholine rings is 1. The van der Waals surface area contributed by atoms with E-state index in [2.05, 4.69) is 15.5 Å². The van der Waals surface area contributed by atoms with Gasteiger partial charge in [0.15, 0.2) is 0 Å². The van der Waals surface area contributed by atoms with Gasteiger partial charge in [-0.25, -0.2) is 0 Å². The van der Waals surface area contributed by atoms with Gasteiger partial charge in [-0.1, -0.05) is 25.1 Å². The molecule has 2 unspecified atom stereocenters. The maximum Gasteiger partial charge on any atom is 0.244 e. The molecule has 36 heavy (non-hydrogen) atoms. The number of nitrogens with zero attached hydrogens (tertiary/aromatic N) is 2. The highest BCUT2D eigenvalue weighted by Crippen LogP contribution is 2.66. The second kappa shape index (κ2) is 10.7. The van der Waals surface area contributed by atoms with E-state index in [1.165, 1.54) is 0 Å². The number of nitrogens with one attached hydrogen (secondary N) is 2. The number of amides is 3. The van der Waals surface area contributed by atoms with Crippen molar-refractivity contribution in [2.24, 2.45) is 11.8 Å². The predicted molar refractivity (Wildman–Crippen MR) is 137 cm³/mol. The van der Waals surface area contributed by atoms with Crippen molar-refractivity contribution in [2.75, 3.05) is 51.3 Å². The molecule has 9 nitrogen and oxygen atoms in total. The molecular weight excluding hydrogens is 480 g/mol. The summed E-state index contributed by atoms with van der Waals surface area (Å²) in [5, 5.41) is 16.2. The zero-order chi connectivity index (χ0) is 25.3. The fourth-order valence-electron chi connectivity index (χ4n) is 6.50. The minimum absolute atomic E-state index is 0.00247. The van der Waals surface area contributed by atoms with Crippen LogP contribution in [-0.2, 0) is 19.1 Å². The van der Waals surface area contributed by atoms with Crippen molar-refractivity contribution in [3.05, 3.63) is 30.3 Å². The molecule has 0 aliphatic carbocycles. The molecule has 1 aromatic carbocycles. The molecule has 4 fully saturated rings. The highest BCUT2D eigenvalue weighted by atomic mass is 32.2. The number of hydrogen-bond acceptors (Lipinski definition) is 7. The summed E-state index contributed by atoms with van der Waals surface area (Å²) in [6, 6.07) is 8.13. The van der Waals surface area contributed by atoms with Crippen molar-refractivity contribution in [1.82, 2.24) is 15.1 Å². The van der Waals surface area contributed by atoms with E-state index in [0.29, 0.717) is 38.3 Å². The zero-order valence-electron chi connectivity index (χ0n) is 20.7. The second-order valence-electron chi connectivity index (χ2n) is 10.1. The molecule has 0 radical (unpaired) electrons. The van der Waals surface area contributed by atoms with E-state index >= 15 is 0 Å². The molecule has 3 N–H and O–H groups in total. The van der Waals surface area contributed by atoms with Crippen LogP contribution in [0, 0.1) is 11.8 Å². The van der Waals surface area contributed by atoms with Gasteiger partial charge in [0.1, 0.15) is 6.04 Å². The third kappa shape index (κ3) is 4.42. The summed E-state index contributed by atoms with van der Waals surface area (Å²) in [4.78, 5) is 45.0. The first-order chi connectivity index (χ1) is 17.5. The van der Waals surface area contributed by atoms with Gasteiger partial charge in [-0.05, 0) is 31.4 Å². The maximum absolute atomic E-state index is 14.0. The van der Waals surface area contributed by atoms with Crippen molar-refractivity contribution in [2.45, 2.75) is 48.3 Å². The van der Waals surface area contributed by atoms with Gasteiger partial charge in [-0.3, -0.25) is 19.3 Å². The molecule has 196 valence electrons. The number of aliphatic hydroxyl groups excluding tert-OH is 1. The Kier molecular flexibility index (Phi) is 7.57. The Morgan fingerprint density at radius 3 is 2.67 bits per heavy atom. The van der Waals surface area contributed by atoms with Crippen molar-refractivity contribution >= 4 is 35.2 Å². The molecule has 3 amide bonds. The van der Waals surface area contributed by atoms with Crippen molar-refractivity contribution in [1.29, 1.82) is 0 Å². The minimum Gasteiger partial charge on any atom is -0.394 e. The van der Waals surface area contributed by atoms with Gasteiger partial charge in [-0.15, -0.1) is 11.8 Å². The number of anilines is 1. The van der Waals surface area contributed by atoms with Crippen LogP contribution in [-0.4, -0.2) is 101 Å². The third-order valence-corrected chi connectivity index (χ3v) is 10.2. The van der Waals surface area contributed by atoms with Gasteiger partial charge in [0.05, 0.1) is 42.4 Å². The standard InChI is InChI=1S/C26H36N4O5S/c1-2-18(16-31)30-22(24(33)27-10-11-29-12-14-35-15-13-29)26-9-8-19(36-26)20(21(26)25(30)34)23(32)28-17-6-4-3-5-7-17/h3-7,18-22,31H,2,8-16H2,1H3,(H,27,33)(H,28,32)/t18-,19-,20+,21-,22?,26?/m0/s1. The number of likely N-dealkylation sites (tertiary alicyclic amines) is 1. The molecule has 5 rings (SSSR count). The molecule has 1 aromatic rings. The molecular formula is C26H36N4O5S. The van der Waals surface area contributed by atoms with Crippen LogP contribution < -0.4 is 10.6 Å². The van der Waals surface area contributed by atoms with Gasteiger partial charge >= 0.3 is 0 Å². The number of para-hydroxylation sites is 1. The minimum atomic E-state index is -0.693. The average Bonchev–Trinajstić information content (AvgIpc) is 3.54. The van der Waals surface area contributed by atoms with Crippen LogP contribution in [0.2, 0.25) is 0 Å². The number of benzene rings is 1. The van der Waals surface area contributed by atoms with Crippen LogP contribution in [0.1, 0.15) is 26.2 Å². The number of rotatable bonds is 9. The summed E-state index contributed by atoms with van der Waals surface area (Å²) in [6.07, 6.45) is 2.05. The van der Waals surface area contributed by atoms with Crippen LogP contribution in [0.15, 0.2) is 30.3 Å². The molecule has 0 saturated carbocycles. The zero-order valence-corrected chi connectivity index (χ0v) is 21.5. The average molecular weight is 517 g/mol. The van der Waals surface area contributed by atoms with Crippen LogP contribution in [0.5, 0.6) is 0 Å². The summed E-state index contributed by atoms with van der Waals surface area (Å²) in [5.41, 5.74) is 0.700.